The van der Waals surface area contributed by atoms with E-state index in [1.807, 2.05) is 61.5 Å². The van der Waals surface area contributed by atoms with Gasteiger partial charge in [0.2, 0.25) is 5.88 Å². The summed E-state index contributed by atoms with van der Waals surface area (Å²) in [5, 5.41) is 4.21. The molecule has 0 bridgehead atoms. The highest BCUT2D eigenvalue weighted by molar-refractivity contribution is 7.22. The average molecular weight is 333 g/mol. The van der Waals surface area contributed by atoms with E-state index in [1.54, 1.807) is 17.5 Å². The van der Waals surface area contributed by atoms with Gasteiger partial charge in [-0.2, -0.15) is 0 Å². The number of pyridine rings is 1. The number of rotatable bonds is 4. The molecule has 0 fully saturated rings. The SMILES string of the molecule is Cc1cccnc1Oc1ccc(Nc2nc3ccccc3s2)cc1. The first kappa shape index (κ1) is 14.7. The van der Waals surface area contributed by atoms with Crippen molar-refractivity contribution >= 4 is 32.4 Å². The lowest BCUT2D eigenvalue weighted by Crippen LogP contribution is -1.92. The minimum atomic E-state index is 0.629. The molecule has 0 amide bonds. The van der Waals surface area contributed by atoms with Gasteiger partial charge in [-0.15, -0.1) is 0 Å². The van der Waals surface area contributed by atoms with Crippen molar-refractivity contribution in [1.29, 1.82) is 0 Å². The van der Waals surface area contributed by atoms with Crippen LogP contribution in [0.3, 0.4) is 0 Å². The molecule has 2 aromatic carbocycles. The number of hydrogen-bond donors (Lipinski definition) is 1. The van der Waals surface area contributed by atoms with Gasteiger partial charge in [-0.05, 0) is 49.4 Å². The van der Waals surface area contributed by atoms with E-state index in [1.165, 1.54) is 4.70 Å². The van der Waals surface area contributed by atoms with Crippen LogP contribution in [-0.2, 0) is 0 Å². The maximum absolute atomic E-state index is 5.81. The lowest BCUT2D eigenvalue weighted by molar-refractivity contribution is 0.459. The highest BCUT2D eigenvalue weighted by Gasteiger charge is 2.05. The first-order chi connectivity index (χ1) is 11.8. The van der Waals surface area contributed by atoms with Gasteiger partial charge in [0, 0.05) is 17.4 Å². The molecule has 5 heteroatoms. The molecule has 118 valence electrons. The number of benzene rings is 2. The average Bonchev–Trinajstić information content (AvgIpc) is 3.01. The number of para-hydroxylation sites is 1. The van der Waals surface area contributed by atoms with E-state index < -0.39 is 0 Å². The number of aryl methyl sites for hydroxylation is 1. The number of aromatic nitrogens is 2. The second-order valence-corrected chi connectivity index (χ2v) is 6.39. The van der Waals surface area contributed by atoms with E-state index in [0.717, 1.165) is 27.6 Å². The molecule has 0 spiro atoms. The van der Waals surface area contributed by atoms with Crippen LogP contribution in [0, 0.1) is 6.92 Å². The van der Waals surface area contributed by atoms with Gasteiger partial charge in [0.15, 0.2) is 5.13 Å². The number of hydrogen-bond acceptors (Lipinski definition) is 5. The van der Waals surface area contributed by atoms with Crippen molar-refractivity contribution in [2.45, 2.75) is 6.92 Å². The van der Waals surface area contributed by atoms with Gasteiger partial charge in [0.05, 0.1) is 10.2 Å². The number of ether oxygens (including phenoxy) is 1. The minimum absolute atomic E-state index is 0.629. The molecule has 4 nitrogen and oxygen atoms in total. The minimum Gasteiger partial charge on any atom is -0.439 e. The van der Waals surface area contributed by atoms with Gasteiger partial charge in [-0.25, -0.2) is 9.97 Å². The zero-order valence-corrected chi connectivity index (χ0v) is 13.9. The Kier molecular flexibility index (Phi) is 3.84. The Bertz CT molecular complexity index is 946. The van der Waals surface area contributed by atoms with Gasteiger partial charge in [-0.1, -0.05) is 29.5 Å². The standard InChI is InChI=1S/C19H15N3OS/c1-13-5-4-12-20-18(13)23-15-10-8-14(9-11-15)21-19-22-16-6-2-3-7-17(16)24-19/h2-12H,1H3,(H,21,22). The largest absolute Gasteiger partial charge is 0.439 e. The summed E-state index contributed by atoms with van der Waals surface area (Å²) < 4.78 is 6.98. The molecular formula is C19H15N3OS. The Morgan fingerprint density at radius 3 is 2.58 bits per heavy atom. The summed E-state index contributed by atoms with van der Waals surface area (Å²) in [5.41, 5.74) is 2.99. The zero-order valence-electron chi connectivity index (χ0n) is 13.1. The van der Waals surface area contributed by atoms with E-state index in [9.17, 15) is 0 Å². The third-order valence-corrected chi connectivity index (χ3v) is 4.53. The summed E-state index contributed by atoms with van der Waals surface area (Å²) in [5.74, 6) is 1.39. The molecule has 24 heavy (non-hydrogen) atoms. The maximum atomic E-state index is 5.81. The second-order valence-electron chi connectivity index (χ2n) is 5.36. The fourth-order valence-electron chi connectivity index (χ4n) is 2.35. The molecule has 0 aliphatic heterocycles. The Morgan fingerprint density at radius 2 is 1.79 bits per heavy atom. The molecule has 0 aliphatic carbocycles. The fraction of sp³-hybridized carbons (Fsp3) is 0.0526. The Balaban J connectivity index is 1.50. The summed E-state index contributed by atoms with van der Waals surface area (Å²) in [7, 11) is 0. The second kappa shape index (κ2) is 6.29. The van der Waals surface area contributed by atoms with Crippen molar-refractivity contribution in [3.8, 4) is 11.6 Å². The topological polar surface area (TPSA) is 47.0 Å². The Hall–Kier alpha value is -2.92. The summed E-state index contributed by atoms with van der Waals surface area (Å²) in [6.07, 6.45) is 1.73. The highest BCUT2D eigenvalue weighted by atomic mass is 32.1. The van der Waals surface area contributed by atoms with Crippen LogP contribution in [0.15, 0.2) is 66.9 Å². The summed E-state index contributed by atoms with van der Waals surface area (Å²) >= 11 is 1.64. The third-order valence-electron chi connectivity index (χ3n) is 3.58. The van der Waals surface area contributed by atoms with Gasteiger partial charge < -0.3 is 10.1 Å². The van der Waals surface area contributed by atoms with E-state index in [0.29, 0.717) is 5.88 Å². The predicted molar refractivity (Wildman–Crippen MR) is 98.4 cm³/mol. The van der Waals surface area contributed by atoms with Crippen LogP contribution in [0.2, 0.25) is 0 Å². The summed E-state index contributed by atoms with van der Waals surface area (Å²) in [6, 6.07) is 19.8. The van der Waals surface area contributed by atoms with Crippen molar-refractivity contribution in [3.05, 3.63) is 72.4 Å². The molecule has 0 atom stereocenters. The van der Waals surface area contributed by atoms with E-state index >= 15 is 0 Å². The van der Waals surface area contributed by atoms with E-state index in [-0.39, 0.29) is 0 Å². The van der Waals surface area contributed by atoms with Crippen LogP contribution < -0.4 is 10.1 Å². The normalized spacial score (nSPS) is 10.7. The molecular weight excluding hydrogens is 318 g/mol. The number of thiazole rings is 1. The third kappa shape index (κ3) is 3.07. The van der Waals surface area contributed by atoms with Gasteiger partial charge >= 0.3 is 0 Å². The van der Waals surface area contributed by atoms with Crippen molar-refractivity contribution in [3.63, 3.8) is 0 Å². The van der Waals surface area contributed by atoms with Crippen LogP contribution in [0.4, 0.5) is 10.8 Å². The molecule has 4 rings (SSSR count). The van der Waals surface area contributed by atoms with Crippen LogP contribution in [0.1, 0.15) is 5.56 Å². The number of fused-ring (bicyclic) bond motifs is 1. The van der Waals surface area contributed by atoms with Crippen molar-refractivity contribution in [2.24, 2.45) is 0 Å². The maximum Gasteiger partial charge on any atom is 0.222 e. The highest BCUT2D eigenvalue weighted by Crippen LogP contribution is 2.29. The molecule has 0 saturated carbocycles. The lowest BCUT2D eigenvalue weighted by atomic mass is 10.3. The molecule has 4 aromatic rings. The molecule has 1 N–H and O–H groups in total. The summed E-state index contributed by atoms with van der Waals surface area (Å²) in [6.45, 7) is 1.98. The van der Waals surface area contributed by atoms with Crippen LogP contribution in [-0.4, -0.2) is 9.97 Å². The van der Waals surface area contributed by atoms with Gasteiger partial charge in [-0.3, -0.25) is 0 Å². The van der Waals surface area contributed by atoms with E-state index in [4.69, 9.17) is 4.74 Å². The summed E-state index contributed by atoms with van der Waals surface area (Å²) in [4.78, 5) is 8.82. The Morgan fingerprint density at radius 1 is 0.958 bits per heavy atom. The molecule has 0 saturated heterocycles. The van der Waals surface area contributed by atoms with Crippen LogP contribution in [0.5, 0.6) is 11.6 Å². The molecule has 0 unspecified atom stereocenters. The van der Waals surface area contributed by atoms with Crippen LogP contribution in [0.25, 0.3) is 10.2 Å². The lowest BCUT2D eigenvalue weighted by Gasteiger charge is -2.08. The first-order valence-corrected chi connectivity index (χ1v) is 8.42. The van der Waals surface area contributed by atoms with Gasteiger partial charge in [0.1, 0.15) is 5.75 Å². The molecule has 0 radical (unpaired) electrons. The van der Waals surface area contributed by atoms with Gasteiger partial charge in [0.25, 0.3) is 0 Å². The van der Waals surface area contributed by atoms with Crippen molar-refractivity contribution in [2.75, 3.05) is 5.32 Å². The molecule has 0 aliphatic rings. The first-order valence-electron chi connectivity index (χ1n) is 7.60. The monoisotopic (exact) mass is 333 g/mol. The van der Waals surface area contributed by atoms with Crippen molar-refractivity contribution in [1.82, 2.24) is 9.97 Å². The smallest absolute Gasteiger partial charge is 0.222 e. The molecule has 2 aromatic heterocycles. The quantitative estimate of drug-likeness (QED) is 0.533. The fourth-order valence-corrected chi connectivity index (χ4v) is 3.23. The van der Waals surface area contributed by atoms with Crippen molar-refractivity contribution < 1.29 is 4.74 Å². The Labute approximate surface area is 143 Å². The molecule has 2 heterocycles. The van der Waals surface area contributed by atoms with E-state index in [2.05, 4.69) is 21.4 Å². The number of nitrogens with zero attached hydrogens (tertiary/aromatic N) is 2. The number of anilines is 2. The zero-order chi connectivity index (χ0) is 16.4. The predicted octanol–water partition coefficient (Wildman–Crippen LogP) is 5.54. The number of nitrogens with one attached hydrogen (secondary N) is 1. The van der Waals surface area contributed by atoms with Crippen LogP contribution >= 0.6 is 11.3 Å².